The van der Waals surface area contributed by atoms with E-state index in [2.05, 4.69) is 6.92 Å². The van der Waals surface area contributed by atoms with Crippen LogP contribution >= 0.6 is 0 Å². The van der Waals surface area contributed by atoms with Crippen LogP contribution in [0.1, 0.15) is 58.3 Å². The summed E-state index contributed by atoms with van der Waals surface area (Å²) in [6, 6.07) is 0. The summed E-state index contributed by atoms with van der Waals surface area (Å²) < 4.78 is 0. The van der Waals surface area contributed by atoms with Gasteiger partial charge in [-0.3, -0.25) is 4.79 Å². The number of likely N-dealkylation sites (N-methyl/N-ethyl adjacent to an activating group) is 1. The van der Waals surface area contributed by atoms with E-state index in [0.717, 1.165) is 19.3 Å². The predicted molar refractivity (Wildman–Crippen MR) is 91.4 cm³/mol. The van der Waals surface area contributed by atoms with E-state index in [-0.39, 0.29) is 12.5 Å². The second-order valence-corrected chi connectivity index (χ2v) is 6.44. The highest BCUT2D eigenvalue weighted by Gasteiger charge is 2.31. The zero-order chi connectivity index (χ0) is 18.5. The van der Waals surface area contributed by atoms with Crippen LogP contribution in [0.2, 0.25) is 0 Å². The van der Waals surface area contributed by atoms with Gasteiger partial charge in [-0.25, -0.2) is 0 Å². The van der Waals surface area contributed by atoms with Crippen molar-refractivity contribution >= 4 is 5.91 Å². The highest BCUT2D eigenvalue weighted by molar-refractivity contribution is 5.75. The number of rotatable bonds is 14. The maximum atomic E-state index is 12.0. The van der Waals surface area contributed by atoms with E-state index in [1.54, 1.807) is 0 Å². The van der Waals surface area contributed by atoms with Crippen LogP contribution in [0.15, 0.2) is 0 Å². The normalized spacial score (nSPS) is 16.5. The van der Waals surface area contributed by atoms with Crippen molar-refractivity contribution in [1.82, 2.24) is 4.90 Å². The average molecular weight is 349 g/mol. The third-order valence-corrected chi connectivity index (χ3v) is 4.21. The summed E-state index contributed by atoms with van der Waals surface area (Å²) in [5.41, 5.74) is 0. The SMILES string of the molecule is CCCCCCCCCC(=O)N(C)C[C@H](O)[C@H](O)[C@@H](O)[C@H](O)CO. The molecule has 7 nitrogen and oxygen atoms in total. The summed E-state index contributed by atoms with van der Waals surface area (Å²) in [6.07, 6.45) is 1.92. The van der Waals surface area contributed by atoms with Gasteiger partial charge in [0.05, 0.1) is 6.61 Å². The van der Waals surface area contributed by atoms with Crippen molar-refractivity contribution in [2.24, 2.45) is 0 Å². The number of carbonyl (C=O) groups is 1. The zero-order valence-electron chi connectivity index (χ0n) is 15.0. The summed E-state index contributed by atoms with van der Waals surface area (Å²) in [5.74, 6) is -0.132. The third-order valence-electron chi connectivity index (χ3n) is 4.21. The monoisotopic (exact) mass is 349 g/mol. The quantitative estimate of drug-likeness (QED) is 0.282. The molecule has 0 saturated carbocycles. The van der Waals surface area contributed by atoms with Gasteiger partial charge in [0.2, 0.25) is 5.91 Å². The van der Waals surface area contributed by atoms with Crippen LogP contribution in [0, 0.1) is 0 Å². The Morgan fingerprint density at radius 2 is 1.38 bits per heavy atom. The van der Waals surface area contributed by atoms with Crippen molar-refractivity contribution in [2.45, 2.75) is 82.7 Å². The Morgan fingerprint density at radius 3 is 1.92 bits per heavy atom. The van der Waals surface area contributed by atoms with Gasteiger partial charge in [0.15, 0.2) is 0 Å². The summed E-state index contributed by atoms with van der Waals surface area (Å²) in [6.45, 7) is 1.30. The first-order valence-corrected chi connectivity index (χ1v) is 8.92. The van der Waals surface area contributed by atoms with E-state index in [0.29, 0.717) is 6.42 Å². The second kappa shape index (κ2) is 13.5. The van der Waals surface area contributed by atoms with Gasteiger partial charge in [-0.2, -0.15) is 0 Å². The van der Waals surface area contributed by atoms with Crippen molar-refractivity contribution in [2.75, 3.05) is 20.2 Å². The zero-order valence-corrected chi connectivity index (χ0v) is 15.0. The first kappa shape index (κ1) is 23.3. The molecule has 144 valence electrons. The number of hydrogen-bond donors (Lipinski definition) is 5. The Morgan fingerprint density at radius 1 is 0.875 bits per heavy atom. The first-order valence-electron chi connectivity index (χ1n) is 8.92. The molecule has 0 radical (unpaired) electrons. The van der Waals surface area contributed by atoms with Gasteiger partial charge >= 0.3 is 0 Å². The van der Waals surface area contributed by atoms with E-state index in [1.807, 2.05) is 0 Å². The fourth-order valence-electron chi connectivity index (χ4n) is 2.48. The molecule has 7 heteroatoms. The van der Waals surface area contributed by atoms with Crippen LogP contribution in [0.5, 0.6) is 0 Å². The molecule has 0 aromatic rings. The molecule has 0 spiro atoms. The Labute approximate surface area is 144 Å². The van der Waals surface area contributed by atoms with E-state index < -0.39 is 31.0 Å². The van der Waals surface area contributed by atoms with Crippen LogP contribution in [0.3, 0.4) is 0 Å². The van der Waals surface area contributed by atoms with Crippen LogP contribution in [0.25, 0.3) is 0 Å². The average Bonchev–Trinajstić information content (AvgIpc) is 2.58. The molecular formula is C17H35NO6. The molecule has 0 aliphatic carbocycles. The molecule has 0 unspecified atom stereocenters. The highest BCUT2D eigenvalue weighted by Crippen LogP contribution is 2.10. The molecule has 0 rings (SSSR count). The Bertz CT molecular complexity index is 328. The summed E-state index contributed by atoms with van der Waals surface area (Å²) >= 11 is 0. The van der Waals surface area contributed by atoms with Gasteiger partial charge in [0, 0.05) is 20.0 Å². The van der Waals surface area contributed by atoms with Crippen LogP contribution < -0.4 is 0 Å². The van der Waals surface area contributed by atoms with Gasteiger partial charge in [-0.05, 0) is 6.42 Å². The van der Waals surface area contributed by atoms with E-state index in [4.69, 9.17) is 5.11 Å². The maximum Gasteiger partial charge on any atom is 0.222 e. The van der Waals surface area contributed by atoms with Crippen LogP contribution in [0.4, 0.5) is 0 Å². The molecule has 1 amide bonds. The van der Waals surface area contributed by atoms with Crippen molar-refractivity contribution in [3.05, 3.63) is 0 Å². The molecule has 0 bridgehead atoms. The molecule has 0 aromatic carbocycles. The lowest BCUT2D eigenvalue weighted by Gasteiger charge is -2.28. The van der Waals surface area contributed by atoms with Crippen molar-refractivity contribution in [1.29, 1.82) is 0 Å². The van der Waals surface area contributed by atoms with Gasteiger partial charge in [-0.1, -0.05) is 45.4 Å². The third kappa shape index (κ3) is 9.54. The summed E-state index contributed by atoms with van der Waals surface area (Å²) in [4.78, 5) is 13.3. The number of unbranched alkanes of at least 4 members (excludes halogenated alkanes) is 6. The minimum atomic E-state index is -1.67. The Hall–Kier alpha value is -0.730. The molecule has 0 fully saturated rings. The molecule has 0 aliphatic heterocycles. The van der Waals surface area contributed by atoms with Crippen LogP contribution in [-0.2, 0) is 4.79 Å². The number of aliphatic hydroxyl groups excluding tert-OH is 5. The van der Waals surface area contributed by atoms with E-state index >= 15 is 0 Å². The van der Waals surface area contributed by atoms with Gasteiger partial charge < -0.3 is 30.4 Å². The van der Waals surface area contributed by atoms with Crippen molar-refractivity contribution < 1.29 is 30.3 Å². The van der Waals surface area contributed by atoms with Gasteiger partial charge in [0.25, 0.3) is 0 Å². The lowest BCUT2D eigenvalue weighted by molar-refractivity contribution is -0.138. The molecule has 4 atom stereocenters. The van der Waals surface area contributed by atoms with Gasteiger partial charge in [-0.15, -0.1) is 0 Å². The van der Waals surface area contributed by atoms with E-state index in [9.17, 15) is 25.2 Å². The highest BCUT2D eigenvalue weighted by atomic mass is 16.4. The fraction of sp³-hybridized carbons (Fsp3) is 0.941. The molecular weight excluding hydrogens is 314 g/mol. The lowest BCUT2D eigenvalue weighted by Crippen LogP contribution is -2.49. The minimum Gasteiger partial charge on any atom is -0.394 e. The standard InChI is InChI=1S/C17H35NO6/c1-3-4-5-6-7-8-9-10-15(22)18(2)11-13(20)16(23)17(24)14(21)12-19/h13-14,16-17,19-21,23-24H,3-12H2,1-2H3/t13-,14+,16-,17-/m0/s1. The molecule has 24 heavy (non-hydrogen) atoms. The Kier molecular flexibility index (Phi) is 13.1. The molecule has 0 aromatic heterocycles. The number of amides is 1. The number of nitrogens with zero attached hydrogens (tertiary/aromatic N) is 1. The van der Waals surface area contributed by atoms with Crippen molar-refractivity contribution in [3.8, 4) is 0 Å². The maximum absolute atomic E-state index is 12.0. The fourth-order valence-corrected chi connectivity index (χ4v) is 2.48. The number of carbonyl (C=O) groups excluding carboxylic acids is 1. The van der Waals surface area contributed by atoms with Crippen molar-refractivity contribution in [3.63, 3.8) is 0 Å². The second-order valence-electron chi connectivity index (χ2n) is 6.44. The summed E-state index contributed by atoms with van der Waals surface area (Å²) in [7, 11) is 1.52. The largest absolute Gasteiger partial charge is 0.394 e. The number of aliphatic hydroxyl groups is 5. The minimum absolute atomic E-state index is 0.132. The number of hydrogen-bond acceptors (Lipinski definition) is 6. The molecule has 0 aliphatic rings. The first-order chi connectivity index (χ1) is 11.3. The smallest absolute Gasteiger partial charge is 0.222 e. The van der Waals surface area contributed by atoms with Gasteiger partial charge in [0.1, 0.15) is 24.4 Å². The Balaban J connectivity index is 3.99. The molecule has 0 heterocycles. The molecule has 5 N–H and O–H groups in total. The topological polar surface area (TPSA) is 121 Å². The molecule has 0 saturated heterocycles. The lowest BCUT2D eigenvalue weighted by atomic mass is 10.0. The van der Waals surface area contributed by atoms with Crippen LogP contribution in [-0.4, -0.2) is 81.0 Å². The predicted octanol–water partition coefficient (Wildman–Crippen LogP) is 0.0214. The summed E-state index contributed by atoms with van der Waals surface area (Å²) in [5, 5.41) is 47.1. The van der Waals surface area contributed by atoms with E-state index in [1.165, 1.54) is 37.6 Å².